The third-order valence-electron chi connectivity index (χ3n) is 5.30. The lowest BCUT2D eigenvalue weighted by molar-refractivity contribution is -0.138. The Morgan fingerprint density at radius 1 is 1.06 bits per heavy atom. The number of carboxylic acids is 1. The van der Waals surface area contributed by atoms with Gasteiger partial charge in [-0.1, -0.05) is 30.4 Å². The number of carboxylic acid groups (broad SMARTS) is 1. The Morgan fingerprint density at radius 3 is 2.40 bits per heavy atom. The van der Waals surface area contributed by atoms with Crippen LogP contribution in [0.3, 0.4) is 0 Å². The van der Waals surface area contributed by atoms with E-state index in [0.717, 1.165) is 22.2 Å². The highest BCUT2D eigenvalue weighted by atomic mass is 32.1. The quantitative estimate of drug-likeness (QED) is 0.289. The zero-order valence-electron chi connectivity index (χ0n) is 18.5. The van der Waals surface area contributed by atoms with Crippen LogP contribution in [0.5, 0.6) is 5.75 Å². The van der Waals surface area contributed by atoms with Crippen molar-refractivity contribution in [2.45, 2.75) is 43.8 Å². The van der Waals surface area contributed by atoms with Gasteiger partial charge in [-0.15, -0.1) is 11.3 Å². The number of rotatable bonds is 11. The highest BCUT2D eigenvalue weighted by Crippen LogP contribution is 2.37. The van der Waals surface area contributed by atoms with Gasteiger partial charge in [0.05, 0.1) is 17.8 Å². The maximum atomic E-state index is 12.7. The molecule has 0 aliphatic carbocycles. The lowest BCUT2D eigenvalue weighted by Crippen LogP contribution is -2.23. The van der Waals surface area contributed by atoms with Crippen molar-refractivity contribution in [1.29, 1.82) is 0 Å². The second kappa shape index (κ2) is 11.7. The second-order valence-corrected chi connectivity index (χ2v) is 9.01. The number of hydrogen-bond donors (Lipinski definition) is 4. The van der Waals surface area contributed by atoms with E-state index in [4.69, 9.17) is 9.84 Å². The normalized spacial score (nSPS) is 14.8. The van der Waals surface area contributed by atoms with Crippen molar-refractivity contribution < 1.29 is 43.1 Å². The fraction of sp³-hybridized carbons (Fsp3) is 0.320. The van der Waals surface area contributed by atoms with E-state index >= 15 is 0 Å². The van der Waals surface area contributed by atoms with Crippen molar-refractivity contribution in [3.8, 4) is 5.75 Å². The van der Waals surface area contributed by atoms with Crippen LogP contribution in [0.25, 0.3) is 16.2 Å². The first-order valence-corrected chi connectivity index (χ1v) is 11.6. The monoisotopic (exact) mass is 510 g/mol. The molecule has 1 aromatic heterocycles. The largest absolute Gasteiger partial charge is 0.490 e. The smallest absolute Gasteiger partial charge is 0.416 e. The van der Waals surface area contributed by atoms with E-state index < -0.39 is 36.0 Å². The Hall–Kier alpha value is -2.92. The van der Waals surface area contributed by atoms with E-state index in [1.807, 2.05) is 24.3 Å². The minimum Gasteiger partial charge on any atom is -0.490 e. The fourth-order valence-corrected chi connectivity index (χ4v) is 4.61. The van der Waals surface area contributed by atoms with E-state index in [1.54, 1.807) is 6.08 Å². The summed E-state index contributed by atoms with van der Waals surface area (Å²) < 4.78 is 44.6. The van der Waals surface area contributed by atoms with Gasteiger partial charge in [-0.05, 0) is 48.7 Å². The molecule has 35 heavy (non-hydrogen) atoms. The number of aliphatic hydroxyl groups is 3. The number of thiophene rings is 1. The molecule has 2 aromatic carbocycles. The highest BCUT2D eigenvalue weighted by Gasteiger charge is 2.30. The molecule has 0 amide bonds. The van der Waals surface area contributed by atoms with Gasteiger partial charge < -0.3 is 25.2 Å². The lowest BCUT2D eigenvalue weighted by atomic mass is 10.0. The molecule has 1 heterocycles. The van der Waals surface area contributed by atoms with Crippen LogP contribution >= 0.6 is 11.3 Å². The van der Waals surface area contributed by atoms with Crippen LogP contribution in [-0.4, -0.2) is 45.2 Å². The average molecular weight is 511 g/mol. The molecule has 0 unspecified atom stereocenters. The van der Waals surface area contributed by atoms with Gasteiger partial charge in [-0.25, -0.2) is 0 Å². The Morgan fingerprint density at radius 2 is 1.74 bits per heavy atom. The van der Waals surface area contributed by atoms with Gasteiger partial charge in [0.15, 0.2) is 0 Å². The van der Waals surface area contributed by atoms with Crippen LogP contribution in [0, 0.1) is 0 Å². The summed E-state index contributed by atoms with van der Waals surface area (Å²) in [5, 5.41) is 40.7. The first kappa shape index (κ1) is 26.7. The van der Waals surface area contributed by atoms with Gasteiger partial charge in [0.25, 0.3) is 0 Å². The third-order valence-corrected chi connectivity index (χ3v) is 6.59. The Kier molecular flexibility index (Phi) is 8.90. The topological polar surface area (TPSA) is 107 Å². The Labute approximate surface area is 203 Å². The van der Waals surface area contributed by atoms with Gasteiger partial charge in [0.2, 0.25) is 0 Å². The first-order chi connectivity index (χ1) is 16.6. The van der Waals surface area contributed by atoms with Crippen molar-refractivity contribution in [3.05, 3.63) is 70.6 Å². The molecule has 10 heteroatoms. The average Bonchev–Trinajstić information content (AvgIpc) is 3.19. The van der Waals surface area contributed by atoms with Crippen LogP contribution in [0.15, 0.2) is 54.6 Å². The minimum atomic E-state index is -4.45. The summed E-state index contributed by atoms with van der Waals surface area (Å²) in [6, 6.07) is 11.5. The van der Waals surface area contributed by atoms with Crippen molar-refractivity contribution in [2.75, 3.05) is 6.61 Å². The number of halogens is 3. The van der Waals surface area contributed by atoms with E-state index in [2.05, 4.69) is 0 Å². The lowest BCUT2D eigenvalue weighted by Gasteiger charge is -2.15. The summed E-state index contributed by atoms with van der Waals surface area (Å²) in [6.07, 6.45) is -4.77. The molecule has 3 atom stereocenters. The summed E-state index contributed by atoms with van der Waals surface area (Å²) in [6.45, 7) is -0.209. The molecule has 3 rings (SSSR count). The van der Waals surface area contributed by atoms with Crippen LogP contribution in [0.2, 0.25) is 0 Å². The second-order valence-electron chi connectivity index (χ2n) is 7.93. The molecule has 0 radical (unpaired) electrons. The first-order valence-electron chi connectivity index (χ1n) is 10.8. The molecule has 6 nitrogen and oxygen atoms in total. The summed E-state index contributed by atoms with van der Waals surface area (Å²) in [5.74, 6) is -0.806. The molecule has 0 fully saturated rings. The van der Waals surface area contributed by atoms with E-state index in [1.165, 1.54) is 29.5 Å². The SMILES string of the molecule is O=C(O)CCC[C@H](O)[C@H](O)/C=C/c1c([C@@H](O)COc2ccc(C(F)(F)F)cc2)sc2ccccc12. The molecule has 3 aromatic rings. The zero-order valence-corrected chi connectivity index (χ0v) is 19.3. The molecule has 0 saturated heterocycles. The molecular weight excluding hydrogens is 485 g/mol. The van der Waals surface area contributed by atoms with Crippen molar-refractivity contribution in [2.24, 2.45) is 0 Å². The van der Waals surface area contributed by atoms with Crippen LogP contribution < -0.4 is 4.74 Å². The van der Waals surface area contributed by atoms with Crippen LogP contribution in [0.4, 0.5) is 13.2 Å². The number of hydrogen-bond acceptors (Lipinski definition) is 6. The van der Waals surface area contributed by atoms with E-state index in [0.29, 0.717) is 10.4 Å². The van der Waals surface area contributed by atoms with E-state index in [9.17, 15) is 33.3 Å². The third kappa shape index (κ3) is 7.28. The number of carbonyl (C=O) groups is 1. The molecule has 0 spiro atoms. The summed E-state index contributed by atoms with van der Waals surface area (Å²) >= 11 is 1.31. The molecule has 188 valence electrons. The number of aliphatic hydroxyl groups excluding tert-OH is 3. The zero-order chi connectivity index (χ0) is 25.6. The summed E-state index contributed by atoms with van der Waals surface area (Å²) in [4.78, 5) is 11.1. The van der Waals surface area contributed by atoms with Gasteiger partial charge in [-0.3, -0.25) is 4.79 Å². The van der Waals surface area contributed by atoms with Gasteiger partial charge in [0.1, 0.15) is 18.5 Å². The maximum absolute atomic E-state index is 12.7. The molecule has 0 aliphatic heterocycles. The number of ether oxygens (including phenoxy) is 1. The van der Waals surface area contributed by atoms with Gasteiger partial charge >= 0.3 is 12.1 Å². The predicted octanol–water partition coefficient (Wildman–Crippen LogP) is 5.02. The molecular formula is C25H25F3O6S. The highest BCUT2D eigenvalue weighted by molar-refractivity contribution is 7.19. The van der Waals surface area contributed by atoms with Crippen molar-refractivity contribution in [1.82, 2.24) is 0 Å². The molecule has 0 bridgehead atoms. The molecule has 0 aliphatic rings. The summed E-state index contributed by atoms with van der Waals surface area (Å²) in [7, 11) is 0. The van der Waals surface area contributed by atoms with Gasteiger partial charge in [0, 0.05) is 21.4 Å². The Bertz CT molecular complexity index is 1160. The number of aliphatic carboxylic acids is 1. The van der Waals surface area contributed by atoms with Gasteiger partial charge in [-0.2, -0.15) is 13.2 Å². The molecule has 4 N–H and O–H groups in total. The van der Waals surface area contributed by atoms with Crippen molar-refractivity contribution >= 4 is 33.5 Å². The minimum absolute atomic E-state index is 0.110. The van der Waals surface area contributed by atoms with Crippen molar-refractivity contribution in [3.63, 3.8) is 0 Å². The fourth-order valence-electron chi connectivity index (χ4n) is 3.45. The Balaban J connectivity index is 1.73. The number of benzene rings is 2. The van der Waals surface area contributed by atoms with Crippen LogP contribution in [0.1, 0.15) is 41.4 Å². The van der Waals surface area contributed by atoms with E-state index in [-0.39, 0.29) is 31.6 Å². The predicted molar refractivity (Wildman–Crippen MR) is 126 cm³/mol. The summed E-state index contributed by atoms with van der Waals surface area (Å²) in [5.41, 5.74) is -0.183. The number of alkyl halides is 3. The molecule has 0 saturated carbocycles. The standard InChI is InChI=1S/C25H25F3O6S/c26-25(27,28)15-8-10-16(11-9-15)34-14-21(31)24-18(17-4-1-2-6-22(17)35-24)12-13-20(30)19(29)5-3-7-23(32)33/h1-2,4,6,8-13,19-21,29-31H,3,5,7,14H2,(H,32,33)/b13-12+/t19-,20+,21-/m0/s1. The number of fused-ring (bicyclic) bond motifs is 1. The van der Waals surface area contributed by atoms with Crippen LogP contribution in [-0.2, 0) is 11.0 Å². The maximum Gasteiger partial charge on any atom is 0.416 e.